The van der Waals surface area contributed by atoms with Crippen molar-refractivity contribution in [3.8, 4) is 16.9 Å². The Bertz CT molecular complexity index is 1320. The number of hydrogen-bond donors (Lipinski definition) is 4. The first kappa shape index (κ1) is 25.1. The number of ether oxygens (including phenoxy) is 1. The Kier molecular flexibility index (Phi) is 7.45. The highest BCUT2D eigenvalue weighted by atomic mass is 16.5. The number of likely N-dealkylation sites (N-methyl/N-ethyl adjacent to an activating group) is 1. The van der Waals surface area contributed by atoms with Crippen LogP contribution in [-0.4, -0.2) is 55.0 Å². The van der Waals surface area contributed by atoms with E-state index < -0.39 is 0 Å². The third kappa shape index (κ3) is 4.99. The molecule has 1 aromatic heterocycles. The predicted molar refractivity (Wildman–Crippen MR) is 145 cm³/mol. The molecule has 5 N–H and O–H groups in total. The van der Waals surface area contributed by atoms with E-state index in [2.05, 4.69) is 34.4 Å². The molecule has 36 heavy (non-hydrogen) atoms. The number of benzene rings is 2. The van der Waals surface area contributed by atoms with Crippen LogP contribution >= 0.6 is 0 Å². The minimum Gasteiger partial charge on any atom is -0.497 e. The zero-order valence-electron chi connectivity index (χ0n) is 21.2. The van der Waals surface area contributed by atoms with Crippen LogP contribution in [0.15, 0.2) is 42.5 Å². The fraction of sp³-hybridized carbons (Fsp3) is 0.286. The van der Waals surface area contributed by atoms with Crippen LogP contribution in [0.3, 0.4) is 0 Å². The Morgan fingerprint density at radius 3 is 2.64 bits per heavy atom. The maximum atomic E-state index is 13.4. The molecular formula is C28H33N5O3. The summed E-state index contributed by atoms with van der Waals surface area (Å²) in [5.74, 6) is 0.272. The summed E-state index contributed by atoms with van der Waals surface area (Å²) in [6.45, 7) is 9.23. The van der Waals surface area contributed by atoms with Crippen LogP contribution in [-0.2, 0) is 4.79 Å². The molecule has 1 aliphatic heterocycles. The first-order chi connectivity index (χ1) is 17.4. The maximum Gasteiger partial charge on any atom is 0.256 e. The number of rotatable bonds is 9. The second kappa shape index (κ2) is 10.7. The molecule has 3 aromatic rings. The Balaban J connectivity index is 1.78. The van der Waals surface area contributed by atoms with E-state index in [1.54, 1.807) is 25.3 Å². The van der Waals surface area contributed by atoms with E-state index in [4.69, 9.17) is 10.5 Å². The molecule has 2 heterocycles. The van der Waals surface area contributed by atoms with Gasteiger partial charge >= 0.3 is 0 Å². The lowest BCUT2D eigenvalue weighted by molar-refractivity contribution is -0.110. The van der Waals surface area contributed by atoms with Crippen LogP contribution in [0.25, 0.3) is 22.8 Å². The highest BCUT2D eigenvalue weighted by Crippen LogP contribution is 2.38. The van der Waals surface area contributed by atoms with Crippen molar-refractivity contribution in [2.75, 3.05) is 44.3 Å². The number of aryl methyl sites for hydroxylation is 1. The van der Waals surface area contributed by atoms with Gasteiger partial charge in [0.25, 0.3) is 11.8 Å². The van der Waals surface area contributed by atoms with Crippen LogP contribution in [0, 0.1) is 6.92 Å². The number of fused-ring (bicyclic) bond motifs is 1. The first-order valence-corrected chi connectivity index (χ1v) is 12.2. The summed E-state index contributed by atoms with van der Waals surface area (Å²) in [4.78, 5) is 31.9. The summed E-state index contributed by atoms with van der Waals surface area (Å²) >= 11 is 0. The van der Waals surface area contributed by atoms with Crippen molar-refractivity contribution in [2.45, 2.75) is 20.8 Å². The van der Waals surface area contributed by atoms with E-state index >= 15 is 0 Å². The molecule has 0 radical (unpaired) electrons. The molecule has 188 valence electrons. The van der Waals surface area contributed by atoms with E-state index in [-0.39, 0.29) is 11.8 Å². The second-order valence-electron chi connectivity index (χ2n) is 8.75. The molecule has 0 aliphatic carbocycles. The van der Waals surface area contributed by atoms with Crippen molar-refractivity contribution in [3.05, 3.63) is 65.0 Å². The van der Waals surface area contributed by atoms with Crippen molar-refractivity contribution in [1.82, 2.24) is 15.2 Å². The molecule has 8 heteroatoms. The third-order valence-electron chi connectivity index (χ3n) is 6.53. The van der Waals surface area contributed by atoms with Crippen molar-refractivity contribution < 1.29 is 14.3 Å². The van der Waals surface area contributed by atoms with Crippen LogP contribution in [0.4, 0.5) is 11.4 Å². The summed E-state index contributed by atoms with van der Waals surface area (Å²) in [7, 11) is 1.59. The van der Waals surface area contributed by atoms with Crippen molar-refractivity contribution in [1.29, 1.82) is 0 Å². The number of hydrogen-bond acceptors (Lipinski definition) is 5. The quantitative estimate of drug-likeness (QED) is 0.268. The molecule has 8 nitrogen and oxygen atoms in total. The van der Waals surface area contributed by atoms with Gasteiger partial charge < -0.3 is 31.0 Å². The molecule has 0 fully saturated rings. The molecule has 2 aromatic carbocycles. The minimum atomic E-state index is -0.214. The van der Waals surface area contributed by atoms with E-state index in [1.807, 2.05) is 37.3 Å². The number of nitrogens with one attached hydrogen (secondary N) is 3. The molecule has 0 spiro atoms. The van der Waals surface area contributed by atoms with Gasteiger partial charge in [0.05, 0.1) is 18.2 Å². The van der Waals surface area contributed by atoms with Crippen molar-refractivity contribution >= 4 is 34.8 Å². The van der Waals surface area contributed by atoms with Gasteiger partial charge in [-0.1, -0.05) is 26.0 Å². The molecular weight excluding hydrogens is 454 g/mol. The predicted octanol–water partition coefficient (Wildman–Crippen LogP) is 4.15. The van der Waals surface area contributed by atoms with Gasteiger partial charge in [0.15, 0.2) is 0 Å². The van der Waals surface area contributed by atoms with Crippen LogP contribution < -0.4 is 21.1 Å². The molecule has 0 unspecified atom stereocenters. The Hall–Kier alpha value is -4.04. The molecule has 0 saturated heterocycles. The fourth-order valence-electron chi connectivity index (χ4n) is 4.57. The smallest absolute Gasteiger partial charge is 0.256 e. The highest BCUT2D eigenvalue weighted by molar-refractivity contribution is 6.35. The maximum absolute atomic E-state index is 13.4. The number of carbonyl (C=O) groups excluding carboxylic acids is 2. The van der Waals surface area contributed by atoms with Crippen molar-refractivity contribution in [3.63, 3.8) is 0 Å². The average Bonchev–Trinajstić information content (AvgIpc) is 3.37. The van der Waals surface area contributed by atoms with Gasteiger partial charge in [-0.05, 0) is 62.0 Å². The molecule has 1 aliphatic rings. The fourth-order valence-corrected chi connectivity index (χ4v) is 4.57. The lowest BCUT2D eigenvalue weighted by atomic mass is 9.97. The normalized spacial score (nSPS) is 13.7. The monoisotopic (exact) mass is 487 g/mol. The summed E-state index contributed by atoms with van der Waals surface area (Å²) in [6, 6.07) is 12.9. The van der Waals surface area contributed by atoms with E-state index in [0.29, 0.717) is 46.1 Å². The van der Waals surface area contributed by atoms with Gasteiger partial charge in [-0.15, -0.1) is 0 Å². The topological polar surface area (TPSA) is 112 Å². The molecule has 0 atom stereocenters. The Morgan fingerprint density at radius 1 is 1.17 bits per heavy atom. The van der Waals surface area contributed by atoms with Crippen LogP contribution in [0.1, 0.15) is 41.2 Å². The summed E-state index contributed by atoms with van der Waals surface area (Å²) < 4.78 is 5.36. The minimum absolute atomic E-state index is 0.170. The summed E-state index contributed by atoms with van der Waals surface area (Å²) in [5.41, 5.74) is 12.0. The number of H-pyrrole nitrogens is 1. The zero-order valence-corrected chi connectivity index (χ0v) is 21.2. The van der Waals surface area contributed by atoms with Crippen molar-refractivity contribution in [2.24, 2.45) is 0 Å². The largest absolute Gasteiger partial charge is 0.497 e. The van der Waals surface area contributed by atoms with Gasteiger partial charge in [-0.25, -0.2) is 0 Å². The summed E-state index contributed by atoms with van der Waals surface area (Å²) in [5, 5.41) is 5.96. The van der Waals surface area contributed by atoms with Crippen LogP contribution in [0.5, 0.6) is 5.75 Å². The number of carbonyl (C=O) groups is 2. The first-order valence-electron chi connectivity index (χ1n) is 12.2. The number of amides is 2. The number of nitrogens with zero attached hydrogens (tertiary/aromatic N) is 1. The molecule has 4 rings (SSSR count). The Morgan fingerprint density at radius 2 is 1.94 bits per heavy atom. The van der Waals surface area contributed by atoms with E-state index in [1.165, 1.54) is 0 Å². The lowest BCUT2D eigenvalue weighted by Crippen LogP contribution is -2.35. The van der Waals surface area contributed by atoms with Gasteiger partial charge in [-0.3, -0.25) is 9.59 Å². The standard InChI is InChI=1S/C28H33N5O3/c1-5-33(6-2)13-12-30-28(35)25-17(3)31-24(26(25)18-8-7-9-19(29)14-18)16-22-21-15-20(36-4)10-11-23(21)32-27(22)34/h7-11,14-16,31H,5-6,12-13,29H2,1-4H3,(H,30,35)(H,32,34)/b22-16-. The van der Waals surface area contributed by atoms with E-state index in [0.717, 1.165) is 36.4 Å². The van der Waals surface area contributed by atoms with Crippen LogP contribution in [0.2, 0.25) is 0 Å². The van der Waals surface area contributed by atoms with Gasteiger partial charge in [0.1, 0.15) is 5.75 Å². The highest BCUT2D eigenvalue weighted by Gasteiger charge is 2.27. The van der Waals surface area contributed by atoms with Gasteiger partial charge in [-0.2, -0.15) is 0 Å². The number of nitrogens with two attached hydrogens (primary N) is 1. The summed E-state index contributed by atoms with van der Waals surface area (Å²) in [6.07, 6.45) is 1.79. The van der Waals surface area contributed by atoms with Gasteiger partial charge in [0.2, 0.25) is 0 Å². The number of anilines is 2. The molecule has 0 bridgehead atoms. The molecule has 0 saturated carbocycles. The lowest BCUT2D eigenvalue weighted by Gasteiger charge is -2.18. The number of methoxy groups -OCH3 is 1. The average molecular weight is 488 g/mol. The number of aromatic amines is 1. The Labute approximate surface area is 211 Å². The second-order valence-corrected chi connectivity index (χ2v) is 8.75. The SMILES string of the molecule is CCN(CC)CCNC(=O)c1c(C)[nH]c(/C=C2\C(=O)Nc3ccc(OC)cc32)c1-c1cccc(N)c1. The zero-order chi connectivity index (χ0) is 25.8. The van der Waals surface area contributed by atoms with E-state index in [9.17, 15) is 9.59 Å². The number of nitrogen functional groups attached to an aromatic ring is 1. The number of aromatic nitrogens is 1. The molecule has 2 amide bonds. The third-order valence-corrected chi connectivity index (χ3v) is 6.53. The van der Waals surface area contributed by atoms with Gasteiger partial charge in [0, 0.05) is 47.0 Å².